The smallest absolute Gasteiger partial charge is 0.385 e. The Bertz CT molecular complexity index is 265. The standard InChI is InChI=1S/C8H13IN2O3/c1-2-3-4-6-11-7-5-8(10-11)14-9(12)13/h5,7H,2-4,6H2,1H3. The van der Waals surface area contributed by atoms with Crippen molar-refractivity contribution in [2.24, 2.45) is 0 Å². The molecule has 6 heteroatoms. The van der Waals surface area contributed by atoms with Crippen LogP contribution in [0.25, 0.3) is 0 Å². The van der Waals surface area contributed by atoms with Crippen molar-refractivity contribution in [3.05, 3.63) is 12.3 Å². The van der Waals surface area contributed by atoms with E-state index < -0.39 is 21.1 Å². The van der Waals surface area contributed by atoms with Gasteiger partial charge in [-0.3, -0.25) is 4.68 Å². The SMILES string of the molecule is CCCCCn1ccc(O[I+2]([O-])[O-])n1. The zero-order valence-corrected chi connectivity index (χ0v) is 10.1. The van der Waals surface area contributed by atoms with Crippen LogP contribution in [0.2, 0.25) is 0 Å². The number of hydrogen-bond acceptors (Lipinski definition) is 4. The molecule has 0 spiro atoms. The molecule has 1 aromatic rings. The van der Waals surface area contributed by atoms with Crippen LogP contribution in [0.1, 0.15) is 26.2 Å². The van der Waals surface area contributed by atoms with Gasteiger partial charge in [-0.15, -0.1) is 8.16 Å². The molecule has 0 aliphatic carbocycles. The lowest BCUT2D eigenvalue weighted by molar-refractivity contribution is -1.62. The fraction of sp³-hybridized carbons (Fsp3) is 0.625. The molecule has 0 radical (unpaired) electrons. The maximum atomic E-state index is 10.3. The lowest BCUT2D eigenvalue weighted by Gasteiger charge is -1.98. The monoisotopic (exact) mass is 312 g/mol. The van der Waals surface area contributed by atoms with E-state index in [0.717, 1.165) is 25.8 Å². The molecule has 80 valence electrons. The van der Waals surface area contributed by atoms with E-state index in [1.165, 1.54) is 0 Å². The number of aromatic nitrogens is 2. The number of rotatable bonds is 6. The number of unbranched alkanes of at least 4 members (excludes halogenated alkanes) is 2. The molecule has 0 saturated carbocycles. The molecule has 0 aliphatic rings. The molecule has 5 nitrogen and oxygen atoms in total. The molecular weight excluding hydrogens is 299 g/mol. The van der Waals surface area contributed by atoms with E-state index in [4.69, 9.17) is 0 Å². The molecule has 0 N–H and O–H groups in total. The summed E-state index contributed by atoms with van der Waals surface area (Å²) < 4.78 is 26.8. The summed E-state index contributed by atoms with van der Waals surface area (Å²) in [5, 5.41) is 3.96. The zero-order chi connectivity index (χ0) is 10.4. The first-order valence-corrected chi connectivity index (χ1v) is 7.14. The van der Waals surface area contributed by atoms with Crippen LogP contribution in [0.3, 0.4) is 0 Å². The topological polar surface area (TPSA) is 73.2 Å². The Morgan fingerprint density at radius 2 is 2.29 bits per heavy atom. The molecule has 1 aromatic heterocycles. The molecule has 0 atom stereocenters. The van der Waals surface area contributed by atoms with Crippen LogP contribution in [0.4, 0.5) is 0 Å². The summed E-state index contributed by atoms with van der Waals surface area (Å²) in [6.45, 7) is 2.94. The van der Waals surface area contributed by atoms with Crippen LogP contribution in [0, 0.1) is 0 Å². The number of halogens is 1. The predicted octanol–water partition coefficient (Wildman–Crippen LogP) is -3.46. The van der Waals surface area contributed by atoms with Gasteiger partial charge in [-0.05, 0) is 6.42 Å². The van der Waals surface area contributed by atoms with Crippen molar-refractivity contribution in [3.63, 3.8) is 0 Å². The molecule has 0 unspecified atom stereocenters. The first-order chi connectivity index (χ1) is 6.72. The Kier molecular flexibility index (Phi) is 5.20. The predicted molar refractivity (Wildman–Crippen MR) is 42.4 cm³/mol. The van der Waals surface area contributed by atoms with Crippen molar-refractivity contribution in [3.8, 4) is 5.88 Å². The molecule has 0 fully saturated rings. The van der Waals surface area contributed by atoms with Crippen molar-refractivity contribution in [2.45, 2.75) is 32.7 Å². The van der Waals surface area contributed by atoms with E-state index in [2.05, 4.69) is 15.1 Å². The molecule has 0 bridgehead atoms. The average molecular weight is 312 g/mol. The number of hydrogen-bond donors (Lipinski definition) is 0. The summed E-state index contributed by atoms with van der Waals surface area (Å²) in [6, 6.07) is 1.56. The van der Waals surface area contributed by atoms with Gasteiger partial charge < -0.3 is 6.87 Å². The average Bonchev–Trinajstić information content (AvgIpc) is 2.52. The first kappa shape index (κ1) is 11.7. The third-order valence-corrected chi connectivity index (χ3v) is 2.56. The third-order valence-electron chi connectivity index (χ3n) is 1.75. The highest BCUT2D eigenvalue weighted by Crippen LogP contribution is 2.04. The molecule has 1 rings (SSSR count). The molecule has 0 aliphatic heterocycles. The summed E-state index contributed by atoms with van der Waals surface area (Å²) in [6.07, 6.45) is 5.08. The van der Waals surface area contributed by atoms with Crippen molar-refractivity contribution >= 4 is 0 Å². The van der Waals surface area contributed by atoms with Crippen LogP contribution in [-0.4, -0.2) is 9.78 Å². The molecule has 0 aromatic carbocycles. The lowest BCUT2D eigenvalue weighted by atomic mass is 10.2. The maximum Gasteiger partial charge on any atom is 0.572 e. The van der Waals surface area contributed by atoms with Gasteiger partial charge in [0, 0.05) is 18.8 Å². The Labute approximate surface area is 91.7 Å². The summed E-state index contributed by atoms with van der Waals surface area (Å²) in [4.78, 5) is 0. The Balaban J connectivity index is 2.35. The quantitative estimate of drug-likeness (QED) is 0.404. The van der Waals surface area contributed by atoms with E-state index in [1.54, 1.807) is 16.9 Å². The minimum Gasteiger partial charge on any atom is -0.385 e. The number of aryl methyl sites for hydroxylation is 1. The highest BCUT2D eigenvalue weighted by Gasteiger charge is 2.16. The molecule has 1 heterocycles. The molecular formula is C8H13IN2O3. The third kappa shape index (κ3) is 4.25. The van der Waals surface area contributed by atoms with E-state index >= 15 is 0 Å². The Hall–Kier alpha value is -0.340. The minimum atomic E-state index is -3.65. The van der Waals surface area contributed by atoms with E-state index in [-0.39, 0.29) is 5.88 Å². The van der Waals surface area contributed by atoms with Gasteiger partial charge in [-0.25, -0.2) is 0 Å². The van der Waals surface area contributed by atoms with Crippen molar-refractivity contribution in [1.82, 2.24) is 9.78 Å². The van der Waals surface area contributed by atoms with Crippen molar-refractivity contribution < 1.29 is 31.0 Å². The second kappa shape index (κ2) is 6.20. The van der Waals surface area contributed by atoms with Gasteiger partial charge in [-0.1, -0.05) is 19.8 Å². The van der Waals surface area contributed by atoms with E-state index in [9.17, 15) is 6.87 Å². The Morgan fingerprint density at radius 1 is 1.50 bits per heavy atom. The van der Waals surface area contributed by atoms with Gasteiger partial charge in [0.25, 0.3) is 0 Å². The Morgan fingerprint density at radius 3 is 2.93 bits per heavy atom. The van der Waals surface area contributed by atoms with Gasteiger partial charge in [0.15, 0.2) is 0 Å². The van der Waals surface area contributed by atoms with Crippen LogP contribution >= 0.6 is 0 Å². The summed E-state index contributed by atoms with van der Waals surface area (Å²) in [7, 11) is 0. The minimum absolute atomic E-state index is 0.177. The maximum absolute atomic E-state index is 10.3. The van der Waals surface area contributed by atoms with Crippen molar-refractivity contribution in [2.75, 3.05) is 0 Å². The van der Waals surface area contributed by atoms with Gasteiger partial charge in [0.05, 0.1) is 0 Å². The number of nitrogens with zero attached hydrogens (tertiary/aromatic N) is 2. The van der Waals surface area contributed by atoms with E-state index in [0.29, 0.717) is 0 Å². The fourth-order valence-corrected chi connectivity index (χ4v) is 1.70. The lowest BCUT2D eigenvalue weighted by Crippen LogP contribution is -4.00. The zero-order valence-electron chi connectivity index (χ0n) is 7.98. The van der Waals surface area contributed by atoms with Gasteiger partial charge in [-0.2, -0.15) is 0 Å². The highest BCUT2D eigenvalue weighted by molar-refractivity contribution is 5.03. The normalized spacial score (nSPS) is 10.9. The van der Waals surface area contributed by atoms with Crippen LogP contribution < -0.4 is 31.0 Å². The molecule has 0 saturated heterocycles. The van der Waals surface area contributed by atoms with Gasteiger partial charge in [0.2, 0.25) is 0 Å². The second-order valence-electron chi connectivity index (χ2n) is 2.89. The van der Waals surface area contributed by atoms with E-state index in [1.807, 2.05) is 0 Å². The van der Waals surface area contributed by atoms with Gasteiger partial charge >= 0.3 is 26.9 Å². The van der Waals surface area contributed by atoms with Crippen LogP contribution in [-0.2, 0) is 6.54 Å². The summed E-state index contributed by atoms with van der Waals surface area (Å²) >= 11 is -3.65. The highest BCUT2D eigenvalue weighted by atomic mass is 127. The first-order valence-electron chi connectivity index (χ1n) is 4.49. The van der Waals surface area contributed by atoms with Crippen LogP contribution in [0.5, 0.6) is 5.88 Å². The molecule has 14 heavy (non-hydrogen) atoms. The molecule has 0 amide bonds. The largest absolute Gasteiger partial charge is 0.572 e. The second-order valence-corrected chi connectivity index (χ2v) is 4.41. The summed E-state index contributed by atoms with van der Waals surface area (Å²) in [5.74, 6) is 0.177. The van der Waals surface area contributed by atoms with Gasteiger partial charge in [0.1, 0.15) is 0 Å². The fourth-order valence-electron chi connectivity index (χ4n) is 1.10. The van der Waals surface area contributed by atoms with Crippen molar-refractivity contribution in [1.29, 1.82) is 0 Å². The summed E-state index contributed by atoms with van der Waals surface area (Å²) in [5.41, 5.74) is 0. The van der Waals surface area contributed by atoms with Crippen LogP contribution in [0.15, 0.2) is 12.3 Å².